The molecule has 1 amide bonds. The molecule has 1 N–H and O–H groups in total. The predicted molar refractivity (Wildman–Crippen MR) is 70.6 cm³/mol. The average Bonchev–Trinajstić information content (AvgIpc) is 2.75. The van der Waals surface area contributed by atoms with Crippen molar-refractivity contribution in [3.63, 3.8) is 0 Å². The third-order valence-electron chi connectivity index (χ3n) is 3.06. The zero-order chi connectivity index (χ0) is 13.6. The number of rotatable bonds is 1. The van der Waals surface area contributed by atoms with Gasteiger partial charge in [0.2, 0.25) is 5.91 Å². The van der Waals surface area contributed by atoms with E-state index in [2.05, 4.69) is 5.32 Å². The fourth-order valence-electron chi connectivity index (χ4n) is 2.18. The highest BCUT2D eigenvalue weighted by molar-refractivity contribution is 6.32. The standard InChI is InChI=1S/C14H10ClNO3/c1-7-4-11(19-6-7)12-13(17)9-3-2-8(15)5-10(9)16-14(12)18/h2-6,12H,1H3,(H,16,18). The summed E-state index contributed by atoms with van der Waals surface area (Å²) in [5.74, 6) is -1.23. The average molecular weight is 276 g/mol. The monoisotopic (exact) mass is 275 g/mol. The fraction of sp³-hybridized carbons (Fsp3) is 0.143. The third-order valence-corrected chi connectivity index (χ3v) is 3.30. The molecular formula is C14H10ClNO3. The minimum atomic E-state index is -0.928. The highest BCUT2D eigenvalue weighted by Gasteiger charge is 2.37. The first-order chi connectivity index (χ1) is 9.06. The molecule has 3 rings (SSSR count). The Morgan fingerprint density at radius 3 is 2.74 bits per heavy atom. The van der Waals surface area contributed by atoms with E-state index in [0.29, 0.717) is 22.0 Å². The lowest BCUT2D eigenvalue weighted by Gasteiger charge is -2.22. The SMILES string of the molecule is Cc1coc(C2C(=O)Nc3cc(Cl)ccc3C2=O)c1. The second-order valence-electron chi connectivity index (χ2n) is 4.50. The number of Topliss-reactive ketones (excluding diaryl/α,β-unsaturated/α-hetero) is 1. The molecule has 1 aromatic carbocycles. The molecule has 1 aliphatic rings. The summed E-state index contributed by atoms with van der Waals surface area (Å²) in [6, 6.07) is 6.50. The normalized spacial score (nSPS) is 18.1. The quantitative estimate of drug-likeness (QED) is 0.813. The molecule has 0 aliphatic carbocycles. The molecule has 2 heterocycles. The van der Waals surface area contributed by atoms with E-state index in [1.807, 2.05) is 6.92 Å². The molecule has 0 spiro atoms. The van der Waals surface area contributed by atoms with Gasteiger partial charge in [-0.2, -0.15) is 0 Å². The van der Waals surface area contributed by atoms with E-state index >= 15 is 0 Å². The summed E-state index contributed by atoms with van der Waals surface area (Å²) in [6.45, 7) is 1.84. The van der Waals surface area contributed by atoms with Gasteiger partial charge in [0, 0.05) is 10.6 Å². The largest absolute Gasteiger partial charge is 0.468 e. The molecule has 0 saturated carbocycles. The number of benzene rings is 1. The number of aryl methyl sites for hydroxylation is 1. The van der Waals surface area contributed by atoms with E-state index in [1.54, 1.807) is 24.3 Å². The lowest BCUT2D eigenvalue weighted by molar-refractivity contribution is -0.117. The molecular weight excluding hydrogens is 266 g/mol. The van der Waals surface area contributed by atoms with Crippen LogP contribution in [-0.2, 0) is 4.79 Å². The lowest BCUT2D eigenvalue weighted by Crippen LogP contribution is -2.33. The number of fused-ring (bicyclic) bond motifs is 1. The van der Waals surface area contributed by atoms with Crippen LogP contribution in [0.25, 0.3) is 0 Å². The molecule has 0 saturated heterocycles. The zero-order valence-electron chi connectivity index (χ0n) is 10.1. The first-order valence-corrected chi connectivity index (χ1v) is 6.14. The Morgan fingerprint density at radius 2 is 2.05 bits per heavy atom. The van der Waals surface area contributed by atoms with Crippen molar-refractivity contribution in [1.29, 1.82) is 0 Å². The van der Waals surface area contributed by atoms with Crippen molar-refractivity contribution in [3.05, 3.63) is 52.4 Å². The van der Waals surface area contributed by atoms with Crippen molar-refractivity contribution >= 4 is 29.0 Å². The number of halogens is 1. The van der Waals surface area contributed by atoms with Crippen molar-refractivity contribution in [2.75, 3.05) is 5.32 Å². The van der Waals surface area contributed by atoms with E-state index < -0.39 is 11.8 Å². The number of ketones is 1. The molecule has 96 valence electrons. The first kappa shape index (κ1) is 12.0. The maximum Gasteiger partial charge on any atom is 0.243 e. The Balaban J connectivity index is 2.08. The van der Waals surface area contributed by atoms with Gasteiger partial charge in [0.25, 0.3) is 0 Å². The van der Waals surface area contributed by atoms with E-state index in [9.17, 15) is 9.59 Å². The van der Waals surface area contributed by atoms with Gasteiger partial charge >= 0.3 is 0 Å². The fourth-order valence-corrected chi connectivity index (χ4v) is 2.35. The summed E-state index contributed by atoms with van der Waals surface area (Å²) in [5, 5.41) is 3.16. The van der Waals surface area contributed by atoms with Gasteiger partial charge in [-0.15, -0.1) is 0 Å². The van der Waals surface area contributed by atoms with Crippen molar-refractivity contribution in [2.45, 2.75) is 12.8 Å². The van der Waals surface area contributed by atoms with Gasteiger partial charge in [-0.25, -0.2) is 0 Å². The summed E-state index contributed by atoms with van der Waals surface area (Å²) in [5.41, 5.74) is 1.77. The van der Waals surface area contributed by atoms with Crippen LogP contribution in [0, 0.1) is 6.92 Å². The Hall–Kier alpha value is -2.07. The third kappa shape index (κ3) is 1.94. The summed E-state index contributed by atoms with van der Waals surface area (Å²) in [6.07, 6.45) is 1.52. The molecule has 4 nitrogen and oxygen atoms in total. The number of hydrogen-bond acceptors (Lipinski definition) is 3. The van der Waals surface area contributed by atoms with Crippen molar-refractivity contribution in [3.8, 4) is 0 Å². The molecule has 1 unspecified atom stereocenters. The molecule has 0 fully saturated rings. The minimum absolute atomic E-state index is 0.273. The number of hydrogen-bond donors (Lipinski definition) is 1. The highest BCUT2D eigenvalue weighted by atomic mass is 35.5. The molecule has 1 aromatic heterocycles. The number of anilines is 1. The smallest absolute Gasteiger partial charge is 0.243 e. The molecule has 5 heteroatoms. The summed E-state index contributed by atoms with van der Waals surface area (Å²) < 4.78 is 5.28. The molecule has 0 radical (unpaired) electrons. The van der Waals surface area contributed by atoms with E-state index in [4.69, 9.17) is 16.0 Å². The van der Waals surface area contributed by atoms with E-state index in [-0.39, 0.29) is 5.78 Å². The van der Waals surface area contributed by atoms with E-state index in [0.717, 1.165) is 5.56 Å². The summed E-state index contributed by atoms with van der Waals surface area (Å²) in [4.78, 5) is 24.4. The van der Waals surface area contributed by atoms with Gasteiger partial charge in [0.1, 0.15) is 5.76 Å². The number of carbonyl (C=O) groups excluding carboxylic acids is 2. The Morgan fingerprint density at radius 1 is 1.26 bits per heavy atom. The number of amides is 1. The number of nitrogens with one attached hydrogen (secondary N) is 1. The Kier molecular flexibility index (Phi) is 2.68. The van der Waals surface area contributed by atoms with Crippen molar-refractivity contribution in [1.82, 2.24) is 0 Å². The molecule has 1 aliphatic heterocycles. The summed E-state index contributed by atoms with van der Waals surface area (Å²) in [7, 11) is 0. The van der Waals surface area contributed by atoms with Crippen LogP contribution < -0.4 is 5.32 Å². The van der Waals surface area contributed by atoms with Crippen LogP contribution in [0.3, 0.4) is 0 Å². The van der Waals surface area contributed by atoms with Crippen LogP contribution >= 0.6 is 11.6 Å². The lowest BCUT2D eigenvalue weighted by atomic mass is 9.90. The van der Waals surface area contributed by atoms with Gasteiger partial charge in [-0.1, -0.05) is 11.6 Å². The topological polar surface area (TPSA) is 59.3 Å². The van der Waals surface area contributed by atoms with Crippen LogP contribution in [0.2, 0.25) is 5.02 Å². The molecule has 2 aromatic rings. The van der Waals surface area contributed by atoms with Gasteiger partial charge in [-0.3, -0.25) is 9.59 Å². The van der Waals surface area contributed by atoms with Crippen LogP contribution in [-0.4, -0.2) is 11.7 Å². The maximum absolute atomic E-state index is 12.4. The second kappa shape index (κ2) is 4.24. The van der Waals surface area contributed by atoms with Crippen LogP contribution in [0.1, 0.15) is 27.6 Å². The number of carbonyl (C=O) groups is 2. The zero-order valence-corrected chi connectivity index (χ0v) is 10.8. The first-order valence-electron chi connectivity index (χ1n) is 5.76. The minimum Gasteiger partial charge on any atom is -0.468 e. The number of furan rings is 1. The van der Waals surface area contributed by atoms with Gasteiger partial charge in [0.05, 0.1) is 12.0 Å². The molecule has 19 heavy (non-hydrogen) atoms. The molecule has 0 bridgehead atoms. The summed E-state index contributed by atoms with van der Waals surface area (Å²) >= 11 is 5.85. The van der Waals surface area contributed by atoms with Gasteiger partial charge in [0.15, 0.2) is 11.7 Å². The van der Waals surface area contributed by atoms with E-state index in [1.165, 1.54) is 6.26 Å². The highest BCUT2D eigenvalue weighted by Crippen LogP contribution is 2.33. The van der Waals surface area contributed by atoms with Crippen LogP contribution in [0.4, 0.5) is 5.69 Å². The Labute approximate surface area is 114 Å². The van der Waals surface area contributed by atoms with Gasteiger partial charge < -0.3 is 9.73 Å². The predicted octanol–water partition coefficient (Wildman–Crippen LogP) is 3.16. The Bertz CT molecular complexity index is 690. The van der Waals surface area contributed by atoms with Crippen molar-refractivity contribution < 1.29 is 14.0 Å². The maximum atomic E-state index is 12.4. The molecule has 1 atom stereocenters. The van der Waals surface area contributed by atoms with Crippen LogP contribution in [0.5, 0.6) is 0 Å². The van der Waals surface area contributed by atoms with Crippen LogP contribution in [0.15, 0.2) is 34.9 Å². The second-order valence-corrected chi connectivity index (χ2v) is 4.94. The van der Waals surface area contributed by atoms with Gasteiger partial charge in [-0.05, 0) is 36.8 Å². The van der Waals surface area contributed by atoms with Crippen molar-refractivity contribution in [2.24, 2.45) is 0 Å².